The lowest BCUT2D eigenvalue weighted by molar-refractivity contribution is 0.262. The minimum atomic E-state index is -0.334. The maximum absolute atomic E-state index is 12.0. The molecule has 0 saturated carbocycles. The zero-order chi connectivity index (χ0) is 14.7. The minimum absolute atomic E-state index is 0.334. The minimum Gasteiger partial charge on any atom is -0.497 e. The second kappa shape index (κ2) is 5.80. The number of methoxy groups -OCH3 is 1. The van der Waals surface area contributed by atoms with Crippen molar-refractivity contribution in [2.45, 2.75) is 0 Å². The summed E-state index contributed by atoms with van der Waals surface area (Å²) in [6.45, 7) is 0. The molecule has 2 aromatic carbocycles. The van der Waals surface area contributed by atoms with Crippen molar-refractivity contribution in [1.29, 1.82) is 0 Å². The number of carbonyl (C=O) groups excluding carboxylic acids is 1. The molecule has 21 heavy (non-hydrogen) atoms. The van der Waals surface area contributed by atoms with E-state index in [4.69, 9.17) is 4.74 Å². The SMILES string of the molecule is COc1cccc(NC(=O)Nc2nsc3ccccc23)c1. The van der Waals surface area contributed by atoms with Crippen LogP contribution in [0.1, 0.15) is 0 Å². The Kier molecular flexibility index (Phi) is 3.70. The largest absolute Gasteiger partial charge is 0.497 e. The molecular formula is C15H13N3O2S. The molecule has 6 heteroatoms. The topological polar surface area (TPSA) is 63.2 Å². The van der Waals surface area contributed by atoms with Crippen LogP contribution >= 0.6 is 11.5 Å². The molecule has 0 unspecified atom stereocenters. The molecule has 0 aliphatic heterocycles. The van der Waals surface area contributed by atoms with Crippen LogP contribution in [-0.4, -0.2) is 17.5 Å². The number of aromatic nitrogens is 1. The summed E-state index contributed by atoms with van der Waals surface area (Å²) in [7, 11) is 1.58. The number of hydrogen-bond acceptors (Lipinski definition) is 4. The first-order valence-electron chi connectivity index (χ1n) is 6.33. The van der Waals surface area contributed by atoms with Crippen molar-refractivity contribution in [3.05, 3.63) is 48.5 Å². The van der Waals surface area contributed by atoms with Gasteiger partial charge in [0.2, 0.25) is 0 Å². The van der Waals surface area contributed by atoms with E-state index in [2.05, 4.69) is 15.0 Å². The van der Waals surface area contributed by atoms with E-state index in [1.807, 2.05) is 36.4 Å². The zero-order valence-electron chi connectivity index (χ0n) is 11.3. The van der Waals surface area contributed by atoms with Crippen molar-refractivity contribution in [2.75, 3.05) is 17.7 Å². The molecule has 3 rings (SSSR count). The molecule has 0 fully saturated rings. The van der Waals surface area contributed by atoms with Crippen molar-refractivity contribution >= 4 is 39.2 Å². The Morgan fingerprint density at radius 3 is 2.86 bits per heavy atom. The Balaban J connectivity index is 1.74. The first kappa shape index (κ1) is 13.4. The van der Waals surface area contributed by atoms with Gasteiger partial charge in [-0.2, -0.15) is 4.37 Å². The van der Waals surface area contributed by atoms with Gasteiger partial charge < -0.3 is 10.1 Å². The molecule has 2 amide bonds. The second-order valence-corrected chi connectivity index (χ2v) is 5.14. The number of ether oxygens (including phenoxy) is 1. The lowest BCUT2D eigenvalue weighted by atomic mass is 10.2. The predicted octanol–water partition coefficient (Wildman–Crippen LogP) is 3.95. The van der Waals surface area contributed by atoms with Crippen LogP contribution in [0.4, 0.5) is 16.3 Å². The van der Waals surface area contributed by atoms with Crippen LogP contribution in [-0.2, 0) is 0 Å². The summed E-state index contributed by atoms with van der Waals surface area (Å²) in [5, 5.41) is 6.45. The smallest absolute Gasteiger partial charge is 0.324 e. The van der Waals surface area contributed by atoms with Gasteiger partial charge >= 0.3 is 6.03 Å². The number of nitrogens with one attached hydrogen (secondary N) is 2. The van der Waals surface area contributed by atoms with E-state index >= 15 is 0 Å². The van der Waals surface area contributed by atoms with E-state index in [0.717, 1.165) is 10.1 Å². The van der Waals surface area contributed by atoms with Gasteiger partial charge in [-0.3, -0.25) is 5.32 Å². The number of carbonyl (C=O) groups is 1. The molecule has 1 heterocycles. The summed E-state index contributed by atoms with van der Waals surface area (Å²) < 4.78 is 10.4. The number of nitrogens with zero attached hydrogens (tertiary/aromatic N) is 1. The van der Waals surface area contributed by atoms with Crippen molar-refractivity contribution in [3.63, 3.8) is 0 Å². The molecule has 106 valence electrons. The van der Waals surface area contributed by atoms with Crippen LogP contribution in [0.25, 0.3) is 10.1 Å². The molecule has 5 nitrogen and oxygen atoms in total. The van der Waals surface area contributed by atoms with Gasteiger partial charge in [-0.05, 0) is 35.8 Å². The molecule has 0 spiro atoms. The van der Waals surface area contributed by atoms with E-state index in [1.54, 1.807) is 19.2 Å². The van der Waals surface area contributed by atoms with Crippen LogP contribution in [0.2, 0.25) is 0 Å². The summed E-state index contributed by atoms with van der Waals surface area (Å²) in [5.41, 5.74) is 0.659. The second-order valence-electron chi connectivity index (χ2n) is 4.34. The number of amides is 2. The zero-order valence-corrected chi connectivity index (χ0v) is 12.1. The van der Waals surface area contributed by atoms with Crippen LogP contribution in [0, 0.1) is 0 Å². The normalized spacial score (nSPS) is 10.3. The van der Waals surface area contributed by atoms with Gasteiger partial charge in [0.25, 0.3) is 0 Å². The number of urea groups is 1. The number of anilines is 2. The third kappa shape index (κ3) is 2.95. The highest BCUT2D eigenvalue weighted by molar-refractivity contribution is 7.13. The van der Waals surface area contributed by atoms with Crippen LogP contribution in [0.5, 0.6) is 5.75 Å². The van der Waals surface area contributed by atoms with E-state index in [0.29, 0.717) is 17.3 Å². The van der Waals surface area contributed by atoms with Gasteiger partial charge in [-0.25, -0.2) is 4.79 Å². The van der Waals surface area contributed by atoms with Crippen molar-refractivity contribution in [3.8, 4) is 5.75 Å². The van der Waals surface area contributed by atoms with Crippen molar-refractivity contribution in [1.82, 2.24) is 4.37 Å². The molecule has 0 atom stereocenters. The summed E-state index contributed by atoms with van der Waals surface area (Å²) in [6.07, 6.45) is 0. The molecule has 3 aromatic rings. The molecule has 0 bridgehead atoms. The average molecular weight is 299 g/mol. The summed E-state index contributed by atoms with van der Waals surface area (Å²) in [4.78, 5) is 12.0. The third-order valence-electron chi connectivity index (χ3n) is 2.94. The average Bonchev–Trinajstić information content (AvgIpc) is 2.91. The maximum Gasteiger partial charge on any atom is 0.324 e. The number of fused-ring (bicyclic) bond motifs is 1. The fraction of sp³-hybridized carbons (Fsp3) is 0.0667. The number of rotatable bonds is 3. The molecule has 1 aromatic heterocycles. The molecule has 0 aliphatic rings. The lowest BCUT2D eigenvalue weighted by Crippen LogP contribution is -2.19. The maximum atomic E-state index is 12.0. The fourth-order valence-electron chi connectivity index (χ4n) is 1.95. The molecule has 2 N–H and O–H groups in total. The Morgan fingerprint density at radius 1 is 1.14 bits per heavy atom. The standard InChI is InChI=1S/C15H13N3O2S/c1-20-11-6-4-5-10(9-11)16-15(19)17-14-12-7-2-3-8-13(12)21-18-14/h2-9H,1H3,(H2,16,17,18,19). The highest BCUT2D eigenvalue weighted by Crippen LogP contribution is 2.26. The third-order valence-corrected chi connectivity index (χ3v) is 3.76. The van der Waals surface area contributed by atoms with Gasteiger partial charge in [0, 0.05) is 17.1 Å². The van der Waals surface area contributed by atoms with Crippen LogP contribution < -0.4 is 15.4 Å². The summed E-state index contributed by atoms with van der Waals surface area (Å²) >= 11 is 1.36. The monoisotopic (exact) mass is 299 g/mol. The Hall–Kier alpha value is -2.60. The molecule has 0 radical (unpaired) electrons. The van der Waals surface area contributed by atoms with Crippen LogP contribution in [0.15, 0.2) is 48.5 Å². The predicted molar refractivity (Wildman–Crippen MR) is 85.3 cm³/mol. The number of hydrogen-bond donors (Lipinski definition) is 2. The Bertz CT molecular complexity index is 785. The first-order chi connectivity index (χ1) is 10.3. The van der Waals surface area contributed by atoms with Gasteiger partial charge in [0.15, 0.2) is 5.82 Å². The highest BCUT2D eigenvalue weighted by Gasteiger charge is 2.09. The van der Waals surface area contributed by atoms with Gasteiger partial charge in [0.1, 0.15) is 5.75 Å². The first-order valence-corrected chi connectivity index (χ1v) is 7.10. The van der Waals surface area contributed by atoms with Crippen molar-refractivity contribution in [2.24, 2.45) is 0 Å². The highest BCUT2D eigenvalue weighted by atomic mass is 32.1. The Labute approximate surface area is 125 Å². The Morgan fingerprint density at radius 2 is 2.00 bits per heavy atom. The summed E-state index contributed by atoms with van der Waals surface area (Å²) in [5.74, 6) is 1.25. The van der Waals surface area contributed by atoms with Gasteiger partial charge in [-0.15, -0.1) is 0 Å². The van der Waals surface area contributed by atoms with E-state index in [1.165, 1.54) is 11.5 Å². The fourth-order valence-corrected chi connectivity index (χ4v) is 2.68. The van der Waals surface area contributed by atoms with Crippen molar-refractivity contribution < 1.29 is 9.53 Å². The molecule has 0 aliphatic carbocycles. The van der Waals surface area contributed by atoms with E-state index in [-0.39, 0.29) is 6.03 Å². The van der Waals surface area contributed by atoms with E-state index < -0.39 is 0 Å². The molecule has 0 saturated heterocycles. The van der Waals surface area contributed by atoms with E-state index in [9.17, 15) is 4.79 Å². The molecular weight excluding hydrogens is 286 g/mol. The summed E-state index contributed by atoms with van der Waals surface area (Å²) in [6, 6.07) is 14.6. The lowest BCUT2D eigenvalue weighted by Gasteiger charge is -2.07. The van der Waals surface area contributed by atoms with Crippen LogP contribution in [0.3, 0.4) is 0 Å². The number of benzene rings is 2. The van der Waals surface area contributed by atoms with Gasteiger partial charge in [-0.1, -0.05) is 18.2 Å². The quantitative estimate of drug-likeness (QED) is 0.769. The van der Waals surface area contributed by atoms with Gasteiger partial charge in [0.05, 0.1) is 11.8 Å².